The lowest BCUT2D eigenvalue weighted by atomic mass is 9.89. The summed E-state index contributed by atoms with van der Waals surface area (Å²) in [4.78, 5) is 2.49. The molecule has 1 aliphatic heterocycles. The third kappa shape index (κ3) is 4.33. The van der Waals surface area contributed by atoms with Crippen molar-refractivity contribution in [3.05, 3.63) is 70.7 Å². The van der Waals surface area contributed by atoms with E-state index in [0.29, 0.717) is 5.92 Å². The minimum absolute atomic E-state index is 0.273. The molecule has 3 rings (SSSR count). The highest BCUT2D eigenvalue weighted by molar-refractivity contribution is 6.30. The molecule has 1 aliphatic rings. The molecule has 3 heteroatoms. The maximum absolute atomic E-state index is 6.28. The van der Waals surface area contributed by atoms with Gasteiger partial charge < -0.3 is 5.73 Å². The summed E-state index contributed by atoms with van der Waals surface area (Å²) in [7, 11) is 0. The fourth-order valence-corrected chi connectivity index (χ4v) is 3.55. The standard InChI is InChI=1S/C19H23ClN2/c20-18-8-6-15(7-9-18)10-17-11-19(21)14-22(13-17)12-16-4-2-1-3-5-16/h1-9,17,19H,10-14,21H2. The van der Waals surface area contributed by atoms with Gasteiger partial charge >= 0.3 is 0 Å². The van der Waals surface area contributed by atoms with Crippen LogP contribution in [0.3, 0.4) is 0 Å². The maximum atomic E-state index is 6.28. The Kier molecular flexibility index (Phi) is 5.14. The number of hydrogen-bond acceptors (Lipinski definition) is 2. The first-order valence-corrected chi connectivity index (χ1v) is 8.33. The minimum Gasteiger partial charge on any atom is -0.327 e. The van der Waals surface area contributed by atoms with Gasteiger partial charge in [-0.1, -0.05) is 54.1 Å². The predicted octanol–water partition coefficient (Wildman–Crippen LogP) is 3.73. The van der Waals surface area contributed by atoms with Crippen molar-refractivity contribution in [2.45, 2.75) is 25.4 Å². The van der Waals surface area contributed by atoms with Gasteiger partial charge in [0.25, 0.3) is 0 Å². The maximum Gasteiger partial charge on any atom is 0.0406 e. The number of piperidine rings is 1. The molecular weight excluding hydrogens is 292 g/mol. The van der Waals surface area contributed by atoms with Gasteiger partial charge in [0.2, 0.25) is 0 Å². The zero-order valence-corrected chi connectivity index (χ0v) is 13.5. The van der Waals surface area contributed by atoms with Crippen LogP contribution in [0, 0.1) is 5.92 Å². The van der Waals surface area contributed by atoms with Gasteiger partial charge in [0, 0.05) is 30.7 Å². The van der Waals surface area contributed by atoms with Gasteiger partial charge in [-0.05, 0) is 42.0 Å². The highest BCUT2D eigenvalue weighted by Crippen LogP contribution is 2.22. The molecule has 2 nitrogen and oxygen atoms in total. The molecule has 0 aliphatic carbocycles. The molecular formula is C19H23ClN2. The summed E-state index contributed by atoms with van der Waals surface area (Å²) in [5.74, 6) is 0.619. The molecule has 1 heterocycles. The second-order valence-electron chi connectivity index (χ2n) is 6.37. The zero-order valence-electron chi connectivity index (χ0n) is 12.8. The Hall–Kier alpha value is -1.35. The van der Waals surface area contributed by atoms with E-state index in [1.54, 1.807) is 0 Å². The van der Waals surface area contributed by atoms with Crippen molar-refractivity contribution in [3.63, 3.8) is 0 Å². The topological polar surface area (TPSA) is 29.3 Å². The van der Waals surface area contributed by atoms with Crippen LogP contribution >= 0.6 is 11.6 Å². The number of benzene rings is 2. The van der Waals surface area contributed by atoms with E-state index in [9.17, 15) is 0 Å². The van der Waals surface area contributed by atoms with Gasteiger partial charge in [-0.2, -0.15) is 0 Å². The molecule has 22 heavy (non-hydrogen) atoms. The summed E-state index contributed by atoms with van der Waals surface area (Å²) in [6.45, 7) is 3.10. The van der Waals surface area contributed by atoms with Crippen LogP contribution in [-0.2, 0) is 13.0 Å². The Bertz CT molecular complexity index is 582. The molecule has 0 bridgehead atoms. The summed E-state index contributed by atoms with van der Waals surface area (Å²) in [5, 5.41) is 0.801. The van der Waals surface area contributed by atoms with E-state index in [0.717, 1.165) is 37.5 Å². The predicted molar refractivity (Wildman–Crippen MR) is 93.0 cm³/mol. The quantitative estimate of drug-likeness (QED) is 0.931. The van der Waals surface area contributed by atoms with E-state index in [1.165, 1.54) is 11.1 Å². The first-order chi connectivity index (χ1) is 10.7. The van der Waals surface area contributed by atoms with Gasteiger partial charge in [0.1, 0.15) is 0 Å². The fourth-order valence-electron chi connectivity index (χ4n) is 3.42. The Morgan fingerprint density at radius 1 is 0.955 bits per heavy atom. The number of rotatable bonds is 4. The number of halogens is 1. The van der Waals surface area contributed by atoms with Crippen LogP contribution in [0.5, 0.6) is 0 Å². The number of hydrogen-bond donors (Lipinski definition) is 1. The van der Waals surface area contributed by atoms with E-state index < -0.39 is 0 Å². The number of nitrogens with two attached hydrogens (primary N) is 1. The highest BCUT2D eigenvalue weighted by atomic mass is 35.5. The molecule has 0 saturated carbocycles. The normalized spacial score (nSPS) is 22.6. The van der Waals surface area contributed by atoms with E-state index >= 15 is 0 Å². The van der Waals surface area contributed by atoms with Crippen LogP contribution < -0.4 is 5.73 Å². The monoisotopic (exact) mass is 314 g/mol. The van der Waals surface area contributed by atoms with Gasteiger partial charge in [-0.25, -0.2) is 0 Å². The van der Waals surface area contributed by atoms with E-state index in [2.05, 4.69) is 47.4 Å². The molecule has 1 saturated heterocycles. The van der Waals surface area contributed by atoms with Crippen LogP contribution in [0.15, 0.2) is 54.6 Å². The summed E-state index contributed by atoms with van der Waals surface area (Å²) >= 11 is 5.96. The smallest absolute Gasteiger partial charge is 0.0406 e. The second-order valence-corrected chi connectivity index (χ2v) is 6.81. The lowest BCUT2D eigenvalue weighted by Crippen LogP contribution is -2.47. The third-order valence-electron chi connectivity index (χ3n) is 4.33. The molecule has 0 spiro atoms. The Morgan fingerprint density at radius 3 is 2.41 bits per heavy atom. The lowest BCUT2D eigenvalue weighted by Gasteiger charge is -2.36. The Morgan fingerprint density at radius 2 is 1.68 bits per heavy atom. The summed E-state index contributed by atoms with van der Waals surface area (Å²) < 4.78 is 0. The molecule has 1 fully saturated rings. The molecule has 0 radical (unpaired) electrons. The van der Waals surface area contributed by atoms with Crippen LogP contribution in [0.4, 0.5) is 0 Å². The van der Waals surface area contributed by atoms with Crippen molar-refractivity contribution in [3.8, 4) is 0 Å². The number of likely N-dealkylation sites (tertiary alicyclic amines) is 1. The highest BCUT2D eigenvalue weighted by Gasteiger charge is 2.25. The van der Waals surface area contributed by atoms with Crippen molar-refractivity contribution in [1.82, 2.24) is 4.90 Å². The molecule has 2 N–H and O–H groups in total. The minimum atomic E-state index is 0.273. The van der Waals surface area contributed by atoms with Crippen molar-refractivity contribution < 1.29 is 0 Å². The van der Waals surface area contributed by atoms with E-state index in [1.807, 2.05) is 12.1 Å². The van der Waals surface area contributed by atoms with E-state index in [4.69, 9.17) is 17.3 Å². The third-order valence-corrected chi connectivity index (χ3v) is 4.58. The second kappa shape index (κ2) is 7.28. The molecule has 0 aromatic heterocycles. The fraction of sp³-hybridized carbons (Fsp3) is 0.368. The summed E-state index contributed by atoms with van der Waals surface area (Å²) in [6, 6.07) is 19.1. The average Bonchev–Trinajstić information content (AvgIpc) is 2.50. The van der Waals surface area contributed by atoms with Gasteiger partial charge in [0.15, 0.2) is 0 Å². The van der Waals surface area contributed by atoms with Crippen LogP contribution in [0.2, 0.25) is 5.02 Å². The van der Waals surface area contributed by atoms with Gasteiger partial charge in [-0.15, -0.1) is 0 Å². The molecule has 2 aromatic rings. The van der Waals surface area contributed by atoms with Crippen LogP contribution in [0.25, 0.3) is 0 Å². The van der Waals surface area contributed by atoms with Gasteiger partial charge in [-0.3, -0.25) is 4.90 Å². The molecule has 116 valence electrons. The molecule has 2 atom stereocenters. The molecule has 0 amide bonds. The van der Waals surface area contributed by atoms with Crippen molar-refractivity contribution >= 4 is 11.6 Å². The number of nitrogens with zero attached hydrogens (tertiary/aromatic N) is 1. The van der Waals surface area contributed by atoms with Gasteiger partial charge in [0.05, 0.1) is 0 Å². The van der Waals surface area contributed by atoms with Crippen molar-refractivity contribution in [1.29, 1.82) is 0 Å². The van der Waals surface area contributed by atoms with Crippen LogP contribution in [-0.4, -0.2) is 24.0 Å². The Labute approximate surface area is 137 Å². The van der Waals surface area contributed by atoms with Crippen LogP contribution in [0.1, 0.15) is 17.5 Å². The first kappa shape index (κ1) is 15.5. The van der Waals surface area contributed by atoms with E-state index in [-0.39, 0.29) is 6.04 Å². The van der Waals surface area contributed by atoms with Crippen molar-refractivity contribution in [2.75, 3.05) is 13.1 Å². The zero-order chi connectivity index (χ0) is 15.4. The molecule has 2 aromatic carbocycles. The summed E-state index contributed by atoms with van der Waals surface area (Å²) in [6.07, 6.45) is 2.18. The molecule has 2 unspecified atom stereocenters. The average molecular weight is 315 g/mol. The van der Waals surface area contributed by atoms with Crippen molar-refractivity contribution in [2.24, 2.45) is 11.7 Å². The lowest BCUT2D eigenvalue weighted by molar-refractivity contribution is 0.149. The first-order valence-electron chi connectivity index (χ1n) is 7.95. The largest absolute Gasteiger partial charge is 0.327 e. The SMILES string of the molecule is NC1CC(Cc2ccc(Cl)cc2)CN(Cc2ccccc2)C1. The summed E-state index contributed by atoms with van der Waals surface area (Å²) in [5.41, 5.74) is 9.00. The Balaban J connectivity index is 1.62.